The van der Waals surface area contributed by atoms with Gasteiger partial charge in [-0.3, -0.25) is 4.79 Å². The predicted molar refractivity (Wildman–Crippen MR) is 112 cm³/mol. The molecule has 0 unspecified atom stereocenters. The number of carbonyl (C=O) groups is 2. The number of carbonyl (C=O) groups excluding carboxylic acids is 2. The van der Waals surface area contributed by atoms with Gasteiger partial charge in [0.15, 0.2) is 6.61 Å². The van der Waals surface area contributed by atoms with Gasteiger partial charge in [0, 0.05) is 33.3 Å². The highest BCUT2D eigenvalue weighted by Crippen LogP contribution is 2.30. The van der Waals surface area contributed by atoms with Crippen molar-refractivity contribution in [1.82, 2.24) is 4.31 Å². The van der Waals surface area contributed by atoms with Crippen LogP contribution in [0.2, 0.25) is 0 Å². The van der Waals surface area contributed by atoms with Gasteiger partial charge in [0.05, 0.1) is 16.3 Å². The maximum atomic E-state index is 12.9. The molecule has 0 saturated carbocycles. The molecule has 1 heterocycles. The summed E-state index contributed by atoms with van der Waals surface area (Å²) in [6.07, 6.45) is 4.01. The van der Waals surface area contributed by atoms with Gasteiger partial charge in [-0.05, 0) is 44.9 Å². The number of anilines is 2. The fourth-order valence-electron chi connectivity index (χ4n) is 3.02. The van der Waals surface area contributed by atoms with Gasteiger partial charge < -0.3 is 15.0 Å². The van der Waals surface area contributed by atoms with E-state index in [0.29, 0.717) is 24.5 Å². The molecule has 1 aliphatic heterocycles. The van der Waals surface area contributed by atoms with Crippen molar-refractivity contribution in [2.75, 3.05) is 44.0 Å². The van der Waals surface area contributed by atoms with Crippen molar-refractivity contribution in [2.24, 2.45) is 0 Å². The summed E-state index contributed by atoms with van der Waals surface area (Å²) in [5, 5.41) is 2.65. The van der Waals surface area contributed by atoms with Crippen LogP contribution in [-0.4, -0.2) is 58.4 Å². The van der Waals surface area contributed by atoms with Gasteiger partial charge >= 0.3 is 5.97 Å². The van der Waals surface area contributed by atoms with Crippen molar-refractivity contribution in [3.8, 4) is 0 Å². The van der Waals surface area contributed by atoms with Crippen LogP contribution in [0.1, 0.15) is 33.1 Å². The van der Waals surface area contributed by atoms with E-state index in [4.69, 9.17) is 4.74 Å². The van der Waals surface area contributed by atoms with E-state index in [9.17, 15) is 18.0 Å². The average molecular weight is 424 g/mol. The third-order valence-corrected chi connectivity index (χ3v) is 6.32. The Morgan fingerprint density at radius 1 is 1.17 bits per heavy atom. The van der Waals surface area contributed by atoms with Gasteiger partial charge in [-0.2, -0.15) is 4.31 Å². The number of allylic oxidation sites excluding steroid dienone is 1. The molecule has 1 saturated heterocycles. The molecule has 0 atom stereocenters. The van der Waals surface area contributed by atoms with Crippen LogP contribution in [-0.2, 0) is 24.3 Å². The molecule has 1 amide bonds. The molecule has 0 aliphatic carbocycles. The van der Waals surface area contributed by atoms with Gasteiger partial charge in [-0.25, -0.2) is 13.2 Å². The Morgan fingerprint density at radius 3 is 2.41 bits per heavy atom. The molecule has 0 bridgehead atoms. The van der Waals surface area contributed by atoms with Crippen LogP contribution in [0, 0.1) is 0 Å². The van der Waals surface area contributed by atoms with Gasteiger partial charge in [-0.1, -0.05) is 12.0 Å². The first-order chi connectivity index (χ1) is 13.6. The molecule has 0 radical (unpaired) electrons. The second-order valence-corrected chi connectivity index (χ2v) is 9.35. The molecule has 1 aromatic carbocycles. The SMILES string of the molecule is CC(C)=CC(=O)OCC(=O)Nc1cc(S(=O)(=O)N2CCCCC2)ccc1N(C)C. The van der Waals surface area contributed by atoms with E-state index in [-0.39, 0.29) is 4.90 Å². The minimum atomic E-state index is -3.63. The molecule has 1 aliphatic rings. The summed E-state index contributed by atoms with van der Waals surface area (Å²) in [4.78, 5) is 25.7. The van der Waals surface area contributed by atoms with Gasteiger partial charge in [0.25, 0.3) is 5.91 Å². The van der Waals surface area contributed by atoms with E-state index in [0.717, 1.165) is 24.8 Å². The fraction of sp³-hybridized carbons (Fsp3) is 0.500. The number of nitrogens with zero attached hydrogens (tertiary/aromatic N) is 2. The van der Waals surface area contributed by atoms with Crippen LogP contribution in [0.4, 0.5) is 11.4 Å². The summed E-state index contributed by atoms with van der Waals surface area (Å²) in [5.74, 6) is -1.15. The highest BCUT2D eigenvalue weighted by atomic mass is 32.2. The molecule has 1 fully saturated rings. The van der Waals surface area contributed by atoms with Gasteiger partial charge in [0.1, 0.15) is 0 Å². The fourth-order valence-corrected chi connectivity index (χ4v) is 4.56. The molecule has 1 N–H and O–H groups in total. The normalized spacial score (nSPS) is 14.8. The number of nitrogens with one attached hydrogen (secondary N) is 1. The van der Waals surface area contributed by atoms with E-state index < -0.39 is 28.5 Å². The number of rotatable bonds is 7. The molecule has 0 aromatic heterocycles. The lowest BCUT2D eigenvalue weighted by atomic mass is 10.2. The number of benzene rings is 1. The Kier molecular flexibility index (Phi) is 7.80. The van der Waals surface area contributed by atoms with Crippen molar-refractivity contribution in [1.29, 1.82) is 0 Å². The van der Waals surface area contributed by atoms with Gasteiger partial charge in [0.2, 0.25) is 10.0 Å². The third-order valence-electron chi connectivity index (χ3n) is 4.43. The average Bonchev–Trinajstić information content (AvgIpc) is 2.66. The lowest BCUT2D eigenvalue weighted by Crippen LogP contribution is -2.35. The second-order valence-electron chi connectivity index (χ2n) is 7.42. The van der Waals surface area contributed by atoms with Crippen molar-refractivity contribution in [3.05, 3.63) is 29.8 Å². The summed E-state index contributed by atoms with van der Waals surface area (Å²) in [5.41, 5.74) is 1.75. The Labute approximate surface area is 172 Å². The molecule has 160 valence electrons. The smallest absolute Gasteiger partial charge is 0.331 e. The molecule has 1 aromatic rings. The first-order valence-electron chi connectivity index (χ1n) is 9.54. The number of amides is 1. The number of ether oxygens (including phenoxy) is 1. The Balaban J connectivity index is 2.21. The summed E-state index contributed by atoms with van der Waals surface area (Å²) in [6, 6.07) is 4.65. The highest BCUT2D eigenvalue weighted by Gasteiger charge is 2.27. The molecule has 9 heteroatoms. The van der Waals surface area contributed by atoms with Crippen LogP contribution < -0.4 is 10.2 Å². The largest absolute Gasteiger partial charge is 0.452 e. The zero-order chi connectivity index (χ0) is 21.6. The van der Waals surface area contributed by atoms with Crippen molar-refractivity contribution >= 4 is 33.3 Å². The van der Waals surface area contributed by atoms with Gasteiger partial charge in [-0.15, -0.1) is 0 Å². The van der Waals surface area contributed by atoms with Crippen molar-refractivity contribution < 1.29 is 22.7 Å². The quantitative estimate of drug-likeness (QED) is 0.534. The summed E-state index contributed by atoms with van der Waals surface area (Å²) < 4.78 is 32.3. The van der Waals surface area contributed by atoms with Crippen molar-refractivity contribution in [2.45, 2.75) is 38.0 Å². The molecular formula is C20H29N3O5S. The topological polar surface area (TPSA) is 96.0 Å². The predicted octanol–water partition coefficient (Wildman–Crippen LogP) is 2.38. The highest BCUT2D eigenvalue weighted by molar-refractivity contribution is 7.89. The number of sulfonamides is 1. The molecule has 2 rings (SSSR count). The molecule has 29 heavy (non-hydrogen) atoms. The number of esters is 1. The molecule has 8 nitrogen and oxygen atoms in total. The first-order valence-corrected chi connectivity index (χ1v) is 11.0. The standard InChI is InChI=1S/C20H29N3O5S/c1-15(2)12-20(25)28-14-19(24)21-17-13-16(8-9-18(17)22(3)4)29(26,27)23-10-6-5-7-11-23/h8-9,12-13H,5-7,10-11,14H2,1-4H3,(H,21,24). The van der Waals surface area contributed by atoms with Crippen LogP contribution >= 0.6 is 0 Å². The maximum absolute atomic E-state index is 12.9. The lowest BCUT2D eigenvalue weighted by molar-refractivity contribution is -0.142. The van der Waals surface area contributed by atoms with E-state index in [1.54, 1.807) is 45.0 Å². The summed E-state index contributed by atoms with van der Waals surface area (Å²) >= 11 is 0. The minimum Gasteiger partial charge on any atom is -0.452 e. The lowest BCUT2D eigenvalue weighted by Gasteiger charge is -2.26. The number of hydrogen-bond donors (Lipinski definition) is 1. The van der Waals surface area contributed by atoms with E-state index in [1.165, 1.54) is 16.4 Å². The van der Waals surface area contributed by atoms with Crippen molar-refractivity contribution in [3.63, 3.8) is 0 Å². The van der Waals surface area contributed by atoms with E-state index in [1.807, 2.05) is 0 Å². The summed E-state index contributed by atoms with van der Waals surface area (Å²) in [7, 11) is -0.0510. The van der Waals surface area contributed by atoms with Crippen LogP contribution in [0.3, 0.4) is 0 Å². The Morgan fingerprint density at radius 2 is 1.83 bits per heavy atom. The number of piperidine rings is 1. The Bertz CT molecular complexity index is 883. The van der Waals surface area contributed by atoms with E-state index >= 15 is 0 Å². The third kappa shape index (κ3) is 6.30. The first kappa shape index (κ1) is 22.9. The van der Waals surface area contributed by atoms with E-state index in [2.05, 4.69) is 5.32 Å². The zero-order valence-corrected chi connectivity index (χ0v) is 18.2. The number of hydrogen-bond acceptors (Lipinski definition) is 6. The second kappa shape index (κ2) is 9.89. The summed E-state index contributed by atoms with van der Waals surface area (Å²) in [6.45, 7) is 4.04. The minimum absolute atomic E-state index is 0.127. The zero-order valence-electron chi connectivity index (χ0n) is 17.4. The Hall–Kier alpha value is -2.39. The monoisotopic (exact) mass is 423 g/mol. The van der Waals surface area contributed by atoms with Crippen LogP contribution in [0.25, 0.3) is 0 Å². The molecular weight excluding hydrogens is 394 g/mol. The maximum Gasteiger partial charge on any atom is 0.331 e. The molecule has 0 spiro atoms. The van der Waals surface area contributed by atoms with Crippen LogP contribution in [0.5, 0.6) is 0 Å². The van der Waals surface area contributed by atoms with Crippen LogP contribution in [0.15, 0.2) is 34.7 Å².